The second-order valence-electron chi connectivity index (χ2n) is 5.43. The predicted octanol–water partition coefficient (Wildman–Crippen LogP) is 0.305. The summed E-state index contributed by atoms with van der Waals surface area (Å²) in [4.78, 5) is 11.6. The van der Waals surface area contributed by atoms with Gasteiger partial charge in [0.05, 0.1) is 17.1 Å². The molecule has 0 radical (unpaired) electrons. The van der Waals surface area contributed by atoms with E-state index in [0.717, 1.165) is 17.6 Å². The molecule has 0 unspecified atom stereocenters. The van der Waals surface area contributed by atoms with Crippen molar-refractivity contribution in [2.75, 3.05) is 16.7 Å². The van der Waals surface area contributed by atoms with Crippen LogP contribution in [-0.2, 0) is 16.4 Å². The van der Waals surface area contributed by atoms with E-state index in [2.05, 4.69) is 14.9 Å². The Morgan fingerprint density at radius 1 is 1.50 bits per heavy atom. The van der Waals surface area contributed by atoms with E-state index in [-0.39, 0.29) is 17.0 Å². The summed E-state index contributed by atoms with van der Waals surface area (Å²) in [5.74, 6) is -1.43. The number of aromatic carboxylic acids is 1. The van der Waals surface area contributed by atoms with Crippen LogP contribution >= 0.6 is 23.1 Å². The zero-order chi connectivity index (χ0) is 19.1. The number of benzene rings is 1. The van der Waals surface area contributed by atoms with Crippen LogP contribution in [0.15, 0.2) is 16.5 Å². The van der Waals surface area contributed by atoms with Crippen molar-refractivity contribution in [1.82, 2.24) is 10.2 Å². The summed E-state index contributed by atoms with van der Waals surface area (Å²) in [6.45, 7) is 0. The van der Waals surface area contributed by atoms with Crippen molar-refractivity contribution < 1.29 is 28.0 Å². The van der Waals surface area contributed by atoms with Crippen LogP contribution in [0.1, 0.15) is 15.9 Å². The lowest BCUT2D eigenvalue weighted by molar-refractivity contribution is 0.0695. The molecule has 26 heavy (non-hydrogen) atoms. The Bertz CT molecular complexity index is 966. The van der Waals surface area contributed by atoms with Crippen LogP contribution in [0.4, 0.5) is 10.8 Å². The van der Waals surface area contributed by atoms with E-state index in [1.165, 1.54) is 17.8 Å². The van der Waals surface area contributed by atoms with Crippen LogP contribution in [0.2, 0.25) is 0 Å². The molecule has 0 fully saturated rings. The summed E-state index contributed by atoms with van der Waals surface area (Å²) in [5, 5.41) is 27.1. The number of sulfonamides is 1. The van der Waals surface area contributed by atoms with Gasteiger partial charge in [-0.25, -0.2) is 13.2 Å². The first-order valence-electron chi connectivity index (χ1n) is 7.11. The minimum absolute atomic E-state index is 0.0627. The molecule has 1 aliphatic rings. The van der Waals surface area contributed by atoms with Gasteiger partial charge in [0, 0.05) is 0 Å². The third-order valence-electron chi connectivity index (χ3n) is 3.40. The summed E-state index contributed by atoms with van der Waals surface area (Å²) in [6, 6.07) is 2.91. The number of fused-ring (bicyclic) bond motifs is 1. The molecule has 14 heteroatoms. The average molecular weight is 416 g/mol. The second kappa shape index (κ2) is 6.94. The van der Waals surface area contributed by atoms with Crippen LogP contribution in [-0.4, -0.2) is 53.2 Å². The van der Waals surface area contributed by atoms with E-state index in [4.69, 9.17) is 10.4 Å². The fourth-order valence-corrected chi connectivity index (χ4v) is 4.94. The van der Waals surface area contributed by atoms with Crippen molar-refractivity contribution in [2.45, 2.75) is 15.9 Å². The minimum atomic E-state index is -3.68. The number of carbonyl (C=O) groups is 1. The summed E-state index contributed by atoms with van der Waals surface area (Å²) < 4.78 is 31.0. The summed E-state index contributed by atoms with van der Waals surface area (Å²) >= 11 is 2.38. The molecule has 1 aliphatic heterocycles. The molecule has 0 amide bonds. The summed E-state index contributed by atoms with van der Waals surface area (Å²) in [5.41, 5.74) is 5.58. The molecule has 2 heterocycles. The van der Waals surface area contributed by atoms with Crippen molar-refractivity contribution in [2.24, 2.45) is 0 Å². The van der Waals surface area contributed by atoms with Crippen LogP contribution in [0.5, 0.6) is 5.75 Å². The maximum absolute atomic E-state index is 11.6. The van der Waals surface area contributed by atoms with Crippen LogP contribution in [0.3, 0.4) is 0 Å². The third kappa shape index (κ3) is 4.03. The molecule has 0 saturated carbocycles. The Morgan fingerprint density at radius 3 is 2.81 bits per heavy atom. The highest BCUT2D eigenvalue weighted by atomic mass is 32.2. The number of nitrogens with zero attached hydrogens (tertiary/aromatic N) is 2. The topological polar surface area (TPSA) is 165 Å². The van der Waals surface area contributed by atoms with E-state index in [0.29, 0.717) is 21.5 Å². The summed E-state index contributed by atoms with van der Waals surface area (Å²) in [7, 11) is -5.00. The maximum Gasteiger partial charge on any atom is 0.537 e. The van der Waals surface area contributed by atoms with Gasteiger partial charge in [-0.3, -0.25) is 4.72 Å². The van der Waals surface area contributed by atoms with Gasteiger partial charge in [0.15, 0.2) is 4.34 Å². The minimum Gasteiger partial charge on any atom is -0.535 e. The Labute approximate surface area is 157 Å². The number of carboxylic acids is 1. The molecule has 3 rings (SSSR count). The molecule has 0 saturated heterocycles. The molecule has 0 aliphatic carbocycles. The number of carboxylic acid groups (broad SMARTS) is 1. The number of nitrogens with two attached hydrogens (primary N) is 1. The summed E-state index contributed by atoms with van der Waals surface area (Å²) in [6.07, 6.45) is 1.20. The molecule has 1 aromatic heterocycles. The molecular weight excluding hydrogens is 403 g/mol. The van der Waals surface area contributed by atoms with Crippen LogP contribution < -0.4 is 15.1 Å². The van der Waals surface area contributed by atoms with Crippen molar-refractivity contribution in [3.63, 3.8) is 0 Å². The maximum atomic E-state index is 11.6. The van der Waals surface area contributed by atoms with Gasteiger partial charge in [-0.1, -0.05) is 29.2 Å². The Balaban J connectivity index is 1.94. The van der Waals surface area contributed by atoms with Crippen molar-refractivity contribution >= 4 is 57.0 Å². The number of nitrogens with one attached hydrogen (secondary N) is 1. The van der Waals surface area contributed by atoms with Crippen molar-refractivity contribution in [3.8, 4) is 5.75 Å². The Hall–Kier alpha value is -2.03. The molecule has 138 valence electrons. The first-order valence-corrected chi connectivity index (χ1v) is 10.7. The van der Waals surface area contributed by atoms with E-state index < -0.39 is 28.3 Å². The van der Waals surface area contributed by atoms with Gasteiger partial charge in [0.2, 0.25) is 15.2 Å². The fourth-order valence-electron chi connectivity index (χ4n) is 2.43. The average Bonchev–Trinajstić information content (AvgIpc) is 2.91. The molecule has 0 spiro atoms. The van der Waals surface area contributed by atoms with Crippen molar-refractivity contribution in [3.05, 3.63) is 23.3 Å². The Kier molecular flexibility index (Phi) is 5.01. The van der Waals surface area contributed by atoms with Crippen molar-refractivity contribution in [1.29, 1.82) is 0 Å². The highest BCUT2D eigenvalue weighted by Crippen LogP contribution is 2.40. The van der Waals surface area contributed by atoms with Gasteiger partial charge in [-0.15, -0.1) is 10.2 Å². The molecule has 1 aromatic carbocycles. The third-order valence-corrected chi connectivity index (χ3v) is 6.06. The van der Waals surface area contributed by atoms with Gasteiger partial charge in [-0.2, -0.15) is 0 Å². The SMILES string of the molecule is CS(=O)(=O)Nc1ccc2c(c1C(=O)O)OB(O)[C@@H](Sc1nnc(N)s1)C2. The number of aromatic nitrogens is 2. The molecule has 5 N–H and O–H groups in total. The largest absolute Gasteiger partial charge is 0.537 e. The molecular formula is C12H13BN4O6S3. The lowest BCUT2D eigenvalue weighted by atomic mass is 9.77. The predicted molar refractivity (Wildman–Crippen MR) is 98.1 cm³/mol. The number of hydrogen-bond donors (Lipinski definition) is 4. The number of rotatable bonds is 5. The number of hydrogen-bond acceptors (Lipinski definition) is 10. The normalized spacial score (nSPS) is 16.7. The zero-order valence-electron chi connectivity index (χ0n) is 13.2. The van der Waals surface area contributed by atoms with Crippen LogP contribution in [0.25, 0.3) is 0 Å². The molecule has 1 atom stereocenters. The molecule has 10 nitrogen and oxygen atoms in total. The van der Waals surface area contributed by atoms with Gasteiger partial charge in [0.25, 0.3) is 0 Å². The van der Waals surface area contributed by atoms with E-state index >= 15 is 0 Å². The smallest absolute Gasteiger partial charge is 0.535 e. The zero-order valence-corrected chi connectivity index (χ0v) is 15.7. The fraction of sp³-hybridized carbons (Fsp3) is 0.250. The number of nitrogen functional groups attached to an aromatic ring is 1. The first-order chi connectivity index (χ1) is 12.1. The van der Waals surface area contributed by atoms with Gasteiger partial charge in [-0.05, 0) is 18.1 Å². The number of thioether (sulfide) groups is 1. The lowest BCUT2D eigenvalue weighted by Crippen LogP contribution is -2.41. The monoisotopic (exact) mass is 416 g/mol. The van der Waals surface area contributed by atoms with Gasteiger partial charge >= 0.3 is 13.1 Å². The highest BCUT2D eigenvalue weighted by molar-refractivity contribution is 8.02. The lowest BCUT2D eigenvalue weighted by Gasteiger charge is -2.28. The molecule has 2 aromatic rings. The quantitative estimate of drug-likeness (QED) is 0.498. The van der Waals surface area contributed by atoms with Gasteiger partial charge < -0.3 is 20.5 Å². The van der Waals surface area contributed by atoms with E-state index in [1.54, 1.807) is 6.07 Å². The van der Waals surface area contributed by atoms with E-state index in [9.17, 15) is 23.3 Å². The standard InChI is InChI=1S/C12H13BN4O6S3/c1-26(21,22)17-6-3-2-5-4-7(24-12-16-15-11(14)25-12)13(20)23-9(5)8(6)10(18)19/h2-3,7,17,20H,4H2,1H3,(H2,14,15)(H,18,19)/t7-/m0/s1. The van der Waals surface area contributed by atoms with Crippen LogP contribution in [0, 0.1) is 0 Å². The molecule has 0 bridgehead atoms. The van der Waals surface area contributed by atoms with Gasteiger partial charge in [0.1, 0.15) is 11.3 Å². The first kappa shape index (κ1) is 18.8. The highest BCUT2D eigenvalue weighted by Gasteiger charge is 2.39. The number of anilines is 2. The Morgan fingerprint density at radius 2 is 2.23 bits per heavy atom. The van der Waals surface area contributed by atoms with E-state index in [1.807, 2.05) is 0 Å². The second-order valence-corrected chi connectivity index (χ2v) is 9.67.